The molecular weight excluding hydrogens is 186 g/mol. The third-order valence-corrected chi connectivity index (χ3v) is 2.96. The molecular formula is C13H29NO. The van der Waals surface area contributed by atoms with Gasteiger partial charge in [0.05, 0.1) is 6.10 Å². The van der Waals surface area contributed by atoms with Crippen molar-refractivity contribution in [1.82, 2.24) is 0 Å². The summed E-state index contributed by atoms with van der Waals surface area (Å²) in [5.41, 5.74) is 6.37. The van der Waals surface area contributed by atoms with E-state index in [2.05, 4.69) is 34.6 Å². The molecule has 0 fully saturated rings. The highest BCUT2D eigenvalue weighted by atomic mass is 16.5. The first-order valence-electron chi connectivity index (χ1n) is 6.20. The molecule has 0 spiro atoms. The Bertz CT molecular complexity index is 162. The van der Waals surface area contributed by atoms with Crippen LogP contribution < -0.4 is 5.73 Å². The normalized spacial score (nSPS) is 18.6. The smallest absolute Gasteiger partial charge is 0.0773 e. The lowest BCUT2D eigenvalue weighted by atomic mass is 9.81. The molecule has 0 radical (unpaired) electrons. The van der Waals surface area contributed by atoms with Gasteiger partial charge in [-0.25, -0.2) is 0 Å². The molecule has 2 N–H and O–H groups in total. The van der Waals surface area contributed by atoms with Crippen molar-refractivity contribution < 1.29 is 4.74 Å². The second-order valence-electron chi connectivity index (χ2n) is 5.65. The van der Waals surface area contributed by atoms with Crippen LogP contribution in [0.5, 0.6) is 0 Å². The summed E-state index contributed by atoms with van der Waals surface area (Å²) in [6, 6.07) is 0.153. The molecule has 0 aromatic carbocycles. The Morgan fingerprint density at radius 3 is 2.07 bits per heavy atom. The number of hydrogen-bond acceptors (Lipinski definition) is 2. The van der Waals surface area contributed by atoms with Crippen LogP contribution in [0.1, 0.15) is 54.4 Å². The minimum Gasteiger partial charge on any atom is -0.376 e. The minimum atomic E-state index is 0.128. The lowest BCUT2D eigenvalue weighted by Crippen LogP contribution is -2.46. The monoisotopic (exact) mass is 215 g/mol. The minimum absolute atomic E-state index is 0.128. The average Bonchev–Trinajstić information content (AvgIpc) is 2.11. The van der Waals surface area contributed by atoms with Gasteiger partial charge in [0.1, 0.15) is 0 Å². The highest BCUT2D eigenvalue weighted by molar-refractivity contribution is 4.85. The van der Waals surface area contributed by atoms with Gasteiger partial charge >= 0.3 is 0 Å². The van der Waals surface area contributed by atoms with Gasteiger partial charge in [-0.3, -0.25) is 0 Å². The fraction of sp³-hybridized carbons (Fsp3) is 1.00. The molecule has 0 saturated heterocycles. The van der Waals surface area contributed by atoms with Crippen molar-refractivity contribution in [3.05, 3.63) is 0 Å². The maximum atomic E-state index is 6.24. The van der Waals surface area contributed by atoms with Gasteiger partial charge in [0, 0.05) is 12.6 Å². The zero-order chi connectivity index (χ0) is 12.1. The first-order chi connectivity index (χ1) is 6.82. The number of hydrogen-bond donors (Lipinski definition) is 1. The molecule has 0 aliphatic rings. The lowest BCUT2D eigenvalue weighted by Gasteiger charge is -2.35. The van der Waals surface area contributed by atoms with E-state index in [9.17, 15) is 0 Å². The van der Waals surface area contributed by atoms with Crippen molar-refractivity contribution in [2.75, 3.05) is 6.61 Å². The van der Waals surface area contributed by atoms with Gasteiger partial charge in [-0.05, 0) is 24.7 Å². The summed E-state index contributed by atoms with van der Waals surface area (Å²) in [5.74, 6) is 0.685. The van der Waals surface area contributed by atoms with Crippen LogP contribution in [-0.4, -0.2) is 18.8 Å². The molecule has 2 heteroatoms. The first-order valence-corrected chi connectivity index (χ1v) is 6.20. The number of nitrogens with two attached hydrogens (primary N) is 1. The van der Waals surface area contributed by atoms with Crippen LogP contribution in [-0.2, 0) is 4.74 Å². The van der Waals surface area contributed by atoms with Crippen molar-refractivity contribution in [2.45, 2.75) is 66.5 Å². The van der Waals surface area contributed by atoms with Gasteiger partial charge < -0.3 is 10.5 Å². The van der Waals surface area contributed by atoms with Gasteiger partial charge in [0.25, 0.3) is 0 Å². The van der Waals surface area contributed by atoms with E-state index in [4.69, 9.17) is 10.5 Å². The quantitative estimate of drug-likeness (QED) is 0.738. The molecule has 0 amide bonds. The van der Waals surface area contributed by atoms with E-state index >= 15 is 0 Å². The highest BCUT2D eigenvalue weighted by Crippen LogP contribution is 2.27. The Hall–Kier alpha value is -0.0800. The Morgan fingerprint density at radius 1 is 1.20 bits per heavy atom. The topological polar surface area (TPSA) is 35.2 Å². The molecule has 0 aromatic heterocycles. The maximum absolute atomic E-state index is 6.24. The molecule has 0 rings (SSSR count). The van der Waals surface area contributed by atoms with E-state index in [0.29, 0.717) is 5.92 Å². The summed E-state index contributed by atoms with van der Waals surface area (Å²) in [7, 11) is 0. The summed E-state index contributed by atoms with van der Waals surface area (Å²) in [6.45, 7) is 13.8. The van der Waals surface area contributed by atoms with Crippen molar-refractivity contribution in [1.29, 1.82) is 0 Å². The predicted molar refractivity (Wildman–Crippen MR) is 66.9 cm³/mol. The second-order valence-corrected chi connectivity index (χ2v) is 5.65. The van der Waals surface area contributed by atoms with Crippen LogP contribution in [0.2, 0.25) is 0 Å². The Labute approximate surface area is 95.6 Å². The van der Waals surface area contributed by atoms with Crippen molar-refractivity contribution in [2.24, 2.45) is 17.1 Å². The van der Waals surface area contributed by atoms with E-state index in [1.807, 2.05) is 6.92 Å². The molecule has 0 saturated carbocycles. The fourth-order valence-electron chi connectivity index (χ4n) is 1.95. The third-order valence-electron chi connectivity index (χ3n) is 2.96. The van der Waals surface area contributed by atoms with Gasteiger partial charge in [0.15, 0.2) is 0 Å². The van der Waals surface area contributed by atoms with Gasteiger partial charge in [-0.15, -0.1) is 0 Å². The van der Waals surface area contributed by atoms with Crippen LogP contribution >= 0.6 is 0 Å². The van der Waals surface area contributed by atoms with Crippen LogP contribution in [0.4, 0.5) is 0 Å². The van der Waals surface area contributed by atoms with Crippen LogP contribution in [0.25, 0.3) is 0 Å². The van der Waals surface area contributed by atoms with E-state index < -0.39 is 0 Å². The van der Waals surface area contributed by atoms with Gasteiger partial charge in [0.2, 0.25) is 0 Å². The summed E-state index contributed by atoms with van der Waals surface area (Å²) in [5, 5.41) is 0. The second kappa shape index (κ2) is 6.49. The molecule has 0 aliphatic carbocycles. The third kappa shape index (κ3) is 5.53. The SMILES string of the molecule is CCOC(C(N)CC(C)CC)C(C)(C)C. The molecule has 0 aliphatic heterocycles. The van der Waals surface area contributed by atoms with Crippen molar-refractivity contribution in [3.8, 4) is 0 Å². The molecule has 2 nitrogen and oxygen atoms in total. The zero-order valence-corrected chi connectivity index (χ0v) is 11.3. The summed E-state index contributed by atoms with van der Waals surface area (Å²) in [4.78, 5) is 0. The van der Waals surface area contributed by atoms with E-state index in [1.54, 1.807) is 0 Å². The Balaban J connectivity index is 4.35. The molecule has 15 heavy (non-hydrogen) atoms. The maximum Gasteiger partial charge on any atom is 0.0773 e. The highest BCUT2D eigenvalue weighted by Gasteiger charge is 2.31. The lowest BCUT2D eigenvalue weighted by molar-refractivity contribution is -0.0316. The van der Waals surface area contributed by atoms with E-state index in [-0.39, 0.29) is 17.6 Å². The number of rotatable bonds is 6. The van der Waals surface area contributed by atoms with Crippen LogP contribution in [0.15, 0.2) is 0 Å². The number of ether oxygens (including phenoxy) is 1. The molecule has 3 unspecified atom stereocenters. The fourth-order valence-corrected chi connectivity index (χ4v) is 1.95. The molecule has 0 aromatic rings. The zero-order valence-electron chi connectivity index (χ0n) is 11.3. The summed E-state index contributed by atoms with van der Waals surface area (Å²) < 4.78 is 5.79. The van der Waals surface area contributed by atoms with Crippen LogP contribution in [0, 0.1) is 11.3 Å². The Kier molecular flexibility index (Phi) is 6.46. The summed E-state index contributed by atoms with van der Waals surface area (Å²) in [6.07, 6.45) is 2.41. The average molecular weight is 215 g/mol. The molecule has 0 heterocycles. The van der Waals surface area contributed by atoms with Crippen LogP contribution in [0.3, 0.4) is 0 Å². The molecule has 3 atom stereocenters. The Morgan fingerprint density at radius 2 is 1.73 bits per heavy atom. The first kappa shape index (κ1) is 14.9. The summed E-state index contributed by atoms with van der Waals surface area (Å²) >= 11 is 0. The van der Waals surface area contributed by atoms with Crippen molar-refractivity contribution >= 4 is 0 Å². The largest absolute Gasteiger partial charge is 0.376 e. The standard InChI is InChI=1S/C13H29NO/c1-7-10(3)9-11(14)12(15-8-2)13(4,5)6/h10-12H,7-9,14H2,1-6H3. The molecule has 92 valence electrons. The predicted octanol–water partition coefficient (Wildman–Crippen LogP) is 3.20. The van der Waals surface area contributed by atoms with E-state index in [1.165, 1.54) is 6.42 Å². The van der Waals surface area contributed by atoms with E-state index in [0.717, 1.165) is 13.0 Å². The van der Waals surface area contributed by atoms with Crippen molar-refractivity contribution in [3.63, 3.8) is 0 Å². The molecule has 0 bridgehead atoms. The van der Waals surface area contributed by atoms with Gasteiger partial charge in [-0.2, -0.15) is 0 Å². The van der Waals surface area contributed by atoms with Gasteiger partial charge in [-0.1, -0.05) is 41.0 Å².